The number of nitrogens with one attached hydrogen (secondary N) is 1. The summed E-state index contributed by atoms with van der Waals surface area (Å²) >= 11 is 1.80. The second kappa shape index (κ2) is 6.59. The Morgan fingerprint density at radius 2 is 2.12 bits per heavy atom. The molecule has 1 aromatic rings. The number of carbonyl (C=O) groups is 1. The van der Waals surface area contributed by atoms with Crippen LogP contribution in [0.2, 0.25) is 0 Å². The summed E-state index contributed by atoms with van der Waals surface area (Å²) in [4.78, 5) is 11.8. The van der Waals surface area contributed by atoms with Gasteiger partial charge in [0, 0.05) is 12.1 Å². The average Bonchev–Trinajstić information content (AvgIpc) is 2.24. The number of thioether (sulfide) groups is 1. The van der Waals surface area contributed by atoms with Crippen LogP contribution >= 0.6 is 11.8 Å². The highest BCUT2D eigenvalue weighted by Gasteiger charge is 2.07. The fourth-order valence-corrected chi connectivity index (χ4v) is 2.02. The van der Waals surface area contributed by atoms with Gasteiger partial charge in [-0.05, 0) is 43.9 Å². The average molecular weight is 237 g/mol. The van der Waals surface area contributed by atoms with Crippen LogP contribution < -0.4 is 5.32 Å². The number of hydrogen-bond acceptors (Lipinski definition) is 2. The maximum Gasteiger partial charge on any atom is 0.251 e. The Balaban J connectivity index is 2.53. The van der Waals surface area contributed by atoms with Gasteiger partial charge in [-0.1, -0.05) is 17.7 Å². The number of benzene rings is 1. The van der Waals surface area contributed by atoms with Gasteiger partial charge in [-0.25, -0.2) is 0 Å². The summed E-state index contributed by atoms with van der Waals surface area (Å²) in [6, 6.07) is 5.91. The van der Waals surface area contributed by atoms with E-state index in [4.69, 9.17) is 0 Å². The third kappa shape index (κ3) is 3.89. The fourth-order valence-electron chi connectivity index (χ4n) is 1.58. The summed E-state index contributed by atoms with van der Waals surface area (Å²) in [6.45, 7) is 4.77. The highest BCUT2D eigenvalue weighted by atomic mass is 32.2. The Bertz CT molecular complexity index is 363. The number of carbonyl (C=O) groups excluding carboxylic acids is 1. The van der Waals surface area contributed by atoms with Crippen LogP contribution in [0.5, 0.6) is 0 Å². The molecular formula is C13H19NOS. The second-order valence-electron chi connectivity index (χ2n) is 3.92. The van der Waals surface area contributed by atoms with Crippen molar-refractivity contribution in [1.29, 1.82) is 0 Å². The predicted molar refractivity (Wildman–Crippen MR) is 71.2 cm³/mol. The minimum absolute atomic E-state index is 0.0404. The molecule has 0 fully saturated rings. The van der Waals surface area contributed by atoms with Gasteiger partial charge in [-0.15, -0.1) is 0 Å². The molecule has 0 atom stereocenters. The first-order chi connectivity index (χ1) is 7.65. The molecule has 0 saturated heterocycles. The number of aryl methyl sites for hydroxylation is 2. The minimum atomic E-state index is 0.0404. The van der Waals surface area contributed by atoms with Gasteiger partial charge in [0.15, 0.2) is 0 Å². The lowest BCUT2D eigenvalue weighted by atomic mass is 10.1. The van der Waals surface area contributed by atoms with E-state index in [1.54, 1.807) is 11.8 Å². The third-order valence-electron chi connectivity index (χ3n) is 2.44. The van der Waals surface area contributed by atoms with Crippen molar-refractivity contribution in [3.05, 3.63) is 34.9 Å². The molecule has 0 bridgehead atoms. The molecule has 0 aromatic heterocycles. The standard InChI is InChI=1S/C13H19NOS/c1-10-5-6-12(11(2)9-10)13(15)14-7-4-8-16-3/h5-6,9H,4,7-8H2,1-3H3,(H,14,15). The quantitative estimate of drug-likeness (QED) is 0.798. The van der Waals surface area contributed by atoms with Crippen LogP contribution in [0.3, 0.4) is 0 Å². The highest BCUT2D eigenvalue weighted by Crippen LogP contribution is 2.10. The molecule has 0 aliphatic carbocycles. The van der Waals surface area contributed by atoms with Crippen molar-refractivity contribution in [2.45, 2.75) is 20.3 Å². The van der Waals surface area contributed by atoms with E-state index < -0.39 is 0 Å². The third-order valence-corrected chi connectivity index (χ3v) is 3.13. The summed E-state index contributed by atoms with van der Waals surface area (Å²) in [5, 5.41) is 2.94. The summed E-state index contributed by atoms with van der Waals surface area (Å²) in [5.74, 6) is 1.13. The minimum Gasteiger partial charge on any atom is -0.352 e. The zero-order chi connectivity index (χ0) is 12.0. The Hall–Kier alpha value is -0.960. The molecule has 0 heterocycles. The van der Waals surface area contributed by atoms with Gasteiger partial charge in [0.2, 0.25) is 0 Å². The molecule has 0 aliphatic heterocycles. The lowest BCUT2D eigenvalue weighted by Crippen LogP contribution is -2.25. The molecule has 0 unspecified atom stereocenters. The smallest absolute Gasteiger partial charge is 0.251 e. The van der Waals surface area contributed by atoms with E-state index >= 15 is 0 Å². The molecule has 1 aromatic carbocycles. The first-order valence-electron chi connectivity index (χ1n) is 5.49. The molecule has 2 nitrogen and oxygen atoms in total. The van der Waals surface area contributed by atoms with E-state index in [9.17, 15) is 4.79 Å². The Morgan fingerprint density at radius 3 is 2.75 bits per heavy atom. The molecule has 0 saturated carbocycles. The van der Waals surface area contributed by atoms with E-state index in [0.29, 0.717) is 0 Å². The van der Waals surface area contributed by atoms with Gasteiger partial charge in [0.05, 0.1) is 0 Å². The first kappa shape index (κ1) is 13.1. The van der Waals surface area contributed by atoms with Crippen LogP contribution in [-0.2, 0) is 0 Å². The maximum atomic E-state index is 11.8. The predicted octanol–water partition coefficient (Wildman–Crippen LogP) is 2.79. The van der Waals surface area contributed by atoms with Gasteiger partial charge in [0.1, 0.15) is 0 Å². The summed E-state index contributed by atoms with van der Waals surface area (Å²) in [7, 11) is 0. The molecule has 16 heavy (non-hydrogen) atoms. The molecule has 88 valence electrons. The molecule has 1 amide bonds. The SMILES string of the molecule is CSCCCNC(=O)c1ccc(C)cc1C. The summed E-state index contributed by atoms with van der Waals surface area (Å²) in [6.07, 6.45) is 3.10. The number of amides is 1. The Labute approximate surface area is 102 Å². The molecule has 1 rings (SSSR count). The molecule has 0 aliphatic rings. The molecule has 0 spiro atoms. The Morgan fingerprint density at radius 1 is 1.38 bits per heavy atom. The van der Waals surface area contributed by atoms with Crippen LogP contribution in [0.4, 0.5) is 0 Å². The molecular weight excluding hydrogens is 218 g/mol. The summed E-state index contributed by atoms with van der Waals surface area (Å²) < 4.78 is 0. The number of hydrogen-bond donors (Lipinski definition) is 1. The van der Waals surface area contributed by atoms with Gasteiger partial charge in [-0.2, -0.15) is 11.8 Å². The largest absolute Gasteiger partial charge is 0.352 e. The zero-order valence-electron chi connectivity index (χ0n) is 10.2. The summed E-state index contributed by atoms with van der Waals surface area (Å²) in [5.41, 5.74) is 3.02. The molecule has 3 heteroatoms. The maximum absolute atomic E-state index is 11.8. The van der Waals surface area contributed by atoms with Crippen LogP contribution in [0, 0.1) is 13.8 Å². The van der Waals surface area contributed by atoms with Crippen molar-refractivity contribution in [3.63, 3.8) is 0 Å². The van der Waals surface area contributed by atoms with Crippen LogP contribution in [0.25, 0.3) is 0 Å². The topological polar surface area (TPSA) is 29.1 Å². The normalized spacial score (nSPS) is 10.2. The van der Waals surface area contributed by atoms with Crippen molar-refractivity contribution in [3.8, 4) is 0 Å². The van der Waals surface area contributed by atoms with Crippen LogP contribution in [-0.4, -0.2) is 24.5 Å². The molecule has 1 N–H and O–H groups in total. The van der Waals surface area contributed by atoms with E-state index in [1.807, 2.05) is 32.0 Å². The van der Waals surface area contributed by atoms with E-state index in [-0.39, 0.29) is 5.91 Å². The van der Waals surface area contributed by atoms with Crippen molar-refractivity contribution < 1.29 is 4.79 Å². The Kier molecular flexibility index (Phi) is 5.39. The lowest BCUT2D eigenvalue weighted by Gasteiger charge is -2.07. The second-order valence-corrected chi connectivity index (χ2v) is 4.91. The van der Waals surface area contributed by atoms with Gasteiger partial charge >= 0.3 is 0 Å². The number of rotatable bonds is 5. The van der Waals surface area contributed by atoms with Crippen molar-refractivity contribution in [2.75, 3.05) is 18.6 Å². The van der Waals surface area contributed by atoms with E-state index in [2.05, 4.69) is 11.6 Å². The van der Waals surface area contributed by atoms with Gasteiger partial charge in [-0.3, -0.25) is 4.79 Å². The molecule has 0 radical (unpaired) electrons. The monoisotopic (exact) mass is 237 g/mol. The van der Waals surface area contributed by atoms with Crippen molar-refractivity contribution in [2.24, 2.45) is 0 Å². The fraction of sp³-hybridized carbons (Fsp3) is 0.462. The highest BCUT2D eigenvalue weighted by molar-refractivity contribution is 7.98. The zero-order valence-corrected chi connectivity index (χ0v) is 11.0. The van der Waals surface area contributed by atoms with Crippen molar-refractivity contribution in [1.82, 2.24) is 5.32 Å². The first-order valence-corrected chi connectivity index (χ1v) is 6.89. The van der Waals surface area contributed by atoms with Crippen molar-refractivity contribution >= 4 is 17.7 Å². The van der Waals surface area contributed by atoms with E-state index in [0.717, 1.165) is 29.8 Å². The van der Waals surface area contributed by atoms with E-state index in [1.165, 1.54) is 5.56 Å². The van der Waals surface area contributed by atoms with Gasteiger partial charge in [0.25, 0.3) is 5.91 Å². The van der Waals surface area contributed by atoms with Crippen LogP contribution in [0.15, 0.2) is 18.2 Å². The van der Waals surface area contributed by atoms with Crippen LogP contribution in [0.1, 0.15) is 27.9 Å². The lowest BCUT2D eigenvalue weighted by molar-refractivity contribution is 0.0953. The van der Waals surface area contributed by atoms with Gasteiger partial charge < -0.3 is 5.32 Å².